The smallest absolute Gasteiger partial charge is 0.0241 e. The van der Waals surface area contributed by atoms with Crippen molar-refractivity contribution in [3.8, 4) is 12.3 Å². The molecule has 0 amide bonds. The van der Waals surface area contributed by atoms with Gasteiger partial charge in [-0.1, -0.05) is 22.0 Å². The molecule has 1 aliphatic heterocycles. The van der Waals surface area contributed by atoms with Crippen LogP contribution in [0.15, 0.2) is 22.7 Å². The van der Waals surface area contributed by atoms with Crippen LogP contribution in [-0.4, -0.2) is 11.4 Å². The molecule has 0 saturated heterocycles. The Labute approximate surface area is 93.2 Å². The molecule has 0 atom stereocenters. The minimum atomic E-state index is 0.842. The first-order chi connectivity index (χ1) is 6.79. The molecule has 0 aliphatic carbocycles. The van der Waals surface area contributed by atoms with E-state index >= 15 is 0 Å². The summed E-state index contributed by atoms with van der Waals surface area (Å²) in [7, 11) is 0. The van der Waals surface area contributed by atoms with Crippen LogP contribution in [0, 0.1) is 12.3 Å². The van der Waals surface area contributed by atoms with Gasteiger partial charge in [0.2, 0.25) is 0 Å². The van der Waals surface area contributed by atoms with Crippen molar-refractivity contribution in [1.29, 1.82) is 0 Å². The van der Waals surface area contributed by atoms with Crippen molar-refractivity contribution < 1.29 is 0 Å². The largest absolute Gasteiger partial charge is 0.294 e. The normalized spacial score (nSPS) is 15.1. The van der Waals surface area contributed by atoms with Crippen LogP contribution >= 0.6 is 15.9 Å². The fourth-order valence-corrected chi connectivity index (χ4v) is 2.22. The molecule has 0 N–H and O–H groups in total. The highest BCUT2D eigenvalue weighted by Gasteiger charge is 2.17. The molecule has 0 spiro atoms. The van der Waals surface area contributed by atoms with Crippen LogP contribution < -0.4 is 0 Å². The van der Waals surface area contributed by atoms with Crippen LogP contribution in [0.5, 0.6) is 0 Å². The van der Waals surface area contributed by atoms with Crippen LogP contribution in [0.4, 0.5) is 0 Å². The summed E-state index contributed by atoms with van der Waals surface area (Å²) in [5, 5.41) is 0. The second-order valence-electron chi connectivity index (χ2n) is 3.58. The van der Waals surface area contributed by atoms with Crippen LogP contribution in [0.1, 0.15) is 17.5 Å². The number of halogens is 1. The van der Waals surface area contributed by atoms with E-state index < -0.39 is 0 Å². The summed E-state index contributed by atoms with van der Waals surface area (Å²) in [6.07, 6.45) is 6.09. The second kappa shape index (κ2) is 4.16. The average molecular weight is 250 g/mol. The van der Waals surface area contributed by atoms with Crippen molar-refractivity contribution in [2.75, 3.05) is 6.54 Å². The summed E-state index contributed by atoms with van der Waals surface area (Å²) < 4.78 is 1.16. The number of rotatable bonds is 2. The van der Waals surface area contributed by atoms with Gasteiger partial charge in [0.1, 0.15) is 0 Å². The summed E-state index contributed by atoms with van der Waals surface area (Å²) in [5.74, 6) is 2.68. The van der Waals surface area contributed by atoms with Gasteiger partial charge in [0.05, 0.1) is 0 Å². The third kappa shape index (κ3) is 2.00. The fraction of sp³-hybridized carbons (Fsp3) is 0.333. The van der Waals surface area contributed by atoms with E-state index in [9.17, 15) is 0 Å². The van der Waals surface area contributed by atoms with Gasteiger partial charge in [0.25, 0.3) is 0 Å². The molecule has 0 aromatic heterocycles. The molecule has 1 nitrogen and oxygen atoms in total. The predicted octanol–water partition coefficient (Wildman–Crippen LogP) is 2.79. The van der Waals surface area contributed by atoms with E-state index in [-0.39, 0.29) is 0 Å². The highest BCUT2D eigenvalue weighted by atomic mass is 79.9. The Morgan fingerprint density at radius 1 is 1.36 bits per heavy atom. The van der Waals surface area contributed by atoms with E-state index in [2.05, 4.69) is 44.9 Å². The molecule has 0 saturated carbocycles. The Morgan fingerprint density at radius 2 is 2.14 bits per heavy atom. The van der Waals surface area contributed by atoms with Crippen molar-refractivity contribution >= 4 is 15.9 Å². The molecular weight excluding hydrogens is 238 g/mol. The summed E-state index contributed by atoms with van der Waals surface area (Å²) >= 11 is 3.49. The molecule has 0 fully saturated rings. The Balaban J connectivity index is 2.07. The van der Waals surface area contributed by atoms with E-state index in [1.807, 2.05) is 0 Å². The van der Waals surface area contributed by atoms with Crippen molar-refractivity contribution in [1.82, 2.24) is 4.90 Å². The second-order valence-corrected chi connectivity index (χ2v) is 4.49. The molecule has 14 heavy (non-hydrogen) atoms. The summed E-state index contributed by atoms with van der Waals surface area (Å²) in [6.45, 7) is 3.09. The highest BCUT2D eigenvalue weighted by Crippen LogP contribution is 2.25. The van der Waals surface area contributed by atoms with Gasteiger partial charge in [-0.15, -0.1) is 12.3 Å². The molecule has 1 aromatic rings. The van der Waals surface area contributed by atoms with Gasteiger partial charge in [0.15, 0.2) is 0 Å². The molecule has 0 bridgehead atoms. The van der Waals surface area contributed by atoms with Crippen LogP contribution in [0.2, 0.25) is 0 Å². The zero-order valence-electron chi connectivity index (χ0n) is 7.96. The first kappa shape index (κ1) is 9.76. The van der Waals surface area contributed by atoms with Gasteiger partial charge in [-0.25, -0.2) is 0 Å². The molecular formula is C12H12BrN. The van der Waals surface area contributed by atoms with Crippen molar-refractivity contribution in [2.24, 2.45) is 0 Å². The lowest BCUT2D eigenvalue weighted by atomic mass is 10.1. The zero-order chi connectivity index (χ0) is 9.97. The number of terminal acetylenes is 1. The fourth-order valence-electron chi connectivity index (χ4n) is 1.81. The van der Waals surface area contributed by atoms with Gasteiger partial charge in [-0.3, -0.25) is 4.90 Å². The highest BCUT2D eigenvalue weighted by molar-refractivity contribution is 9.10. The Bertz CT molecular complexity index is 378. The third-order valence-corrected chi connectivity index (χ3v) is 3.02. The van der Waals surface area contributed by atoms with E-state index in [4.69, 9.17) is 6.42 Å². The number of hydrogen-bond donors (Lipinski definition) is 0. The van der Waals surface area contributed by atoms with Crippen LogP contribution in [0.3, 0.4) is 0 Å². The van der Waals surface area contributed by atoms with E-state index in [1.54, 1.807) is 0 Å². The number of nitrogens with zero attached hydrogens (tertiary/aromatic N) is 1. The van der Waals surface area contributed by atoms with Gasteiger partial charge >= 0.3 is 0 Å². The lowest BCUT2D eigenvalue weighted by Crippen LogP contribution is -2.16. The van der Waals surface area contributed by atoms with E-state index in [0.29, 0.717) is 0 Å². The minimum Gasteiger partial charge on any atom is -0.294 e. The zero-order valence-corrected chi connectivity index (χ0v) is 9.55. The molecule has 0 unspecified atom stereocenters. The molecule has 1 aromatic carbocycles. The minimum absolute atomic E-state index is 0.842. The topological polar surface area (TPSA) is 3.24 Å². The number of fused-ring (bicyclic) bond motifs is 1. The third-order valence-electron chi connectivity index (χ3n) is 2.53. The maximum atomic E-state index is 5.25. The maximum Gasteiger partial charge on any atom is 0.0241 e. The predicted molar refractivity (Wildman–Crippen MR) is 61.7 cm³/mol. The molecule has 2 rings (SSSR count). The maximum absolute atomic E-state index is 5.25. The van der Waals surface area contributed by atoms with Crippen LogP contribution in [0.25, 0.3) is 0 Å². The standard InChI is InChI=1S/C12H12BrN/c1-2-3-6-14-8-10-4-5-12(13)7-11(10)9-14/h1,4-5,7H,3,6,8-9H2. The van der Waals surface area contributed by atoms with Gasteiger partial charge in [-0.2, -0.15) is 0 Å². The van der Waals surface area contributed by atoms with Gasteiger partial charge in [0, 0.05) is 30.5 Å². The van der Waals surface area contributed by atoms with Crippen molar-refractivity contribution in [2.45, 2.75) is 19.5 Å². The van der Waals surface area contributed by atoms with E-state index in [0.717, 1.165) is 30.5 Å². The van der Waals surface area contributed by atoms with Crippen molar-refractivity contribution in [3.63, 3.8) is 0 Å². The number of benzene rings is 1. The average Bonchev–Trinajstić information content (AvgIpc) is 2.56. The molecule has 1 heterocycles. The van der Waals surface area contributed by atoms with Gasteiger partial charge < -0.3 is 0 Å². The quantitative estimate of drug-likeness (QED) is 0.729. The van der Waals surface area contributed by atoms with Gasteiger partial charge in [-0.05, 0) is 23.3 Å². The SMILES string of the molecule is C#CCCN1Cc2ccc(Br)cc2C1. The first-order valence-electron chi connectivity index (χ1n) is 4.73. The Kier molecular flexibility index (Phi) is 2.90. The molecule has 72 valence electrons. The molecule has 1 aliphatic rings. The lowest BCUT2D eigenvalue weighted by Gasteiger charge is -2.11. The van der Waals surface area contributed by atoms with Crippen LogP contribution in [-0.2, 0) is 13.1 Å². The lowest BCUT2D eigenvalue weighted by molar-refractivity contribution is 0.292. The molecule has 2 heteroatoms. The summed E-state index contributed by atoms with van der Waals surface area (Å²) in [5.41, 5.74) is 2.86. The molecule has 0 radical (unpaired) electrons. The first-order valence-corrected chi connectivity index (χ1v) is 5.52. The number of hydrogen-bond acceptors (Lipinski definition) is 1. The summed E-state index contributed by atoms with van der Waals surface area (Å²) in [6, 6.07) is 6.49. The summed E-state index contributed by atoms with van der Waals surface area (Å²) in [4.78, 5) is 2.39. The Morgan fingerprint density at radius 3 is 2.93 bits per heavy atom. The monoisotopic (exact) mass is 249 g/mol. The Hall–Kier alpha value is -0.780. The van der Waals surface area contributed by atoms with Crippen molar-refractivity contribution in [3.05, 3.63) is 33.8 Å². The van der Waals surface area contributed by atoms with E-state index in [1.165, 1.54) is 11.1 Å².